The van der Waals surface area contributed by atoms with E-state index in [1.165, 1.54) is 18.4 Å². The van der Waals surface area contributed by atoms with E-state index >= 15 is 0 Å². The monoisotopic (exact) mass is 586 g/mol. The molecular formula is C28H38N6O6S. The lowest BCUT2D eigenvalue weighted by Crippen LogP contribution is -2.55. The van der Waals surface area contributed by atoms with Crippen molar-refractivity contribution < 1.29 is 29.0 Å². The fourth-order valence-electron chi connectivity index (χ4n) is 4.64. The number of rotatable bonds is 10. The van der Waals surface area contributed by atoms with Gasteiger partial charge in [-0.3, -0.25) is 14.5 Å². The predicted molar refractivity (Wildman–Crippen MR) is 157 cm³/mol. The molecule has 0 saturated carbocycles. The molecule has 4 rings (SSSR count). The molecule has 1 aliphatic rings. The van der Waals surface area contributed by atoms with Gasteiger partial charge in [0.15, 0.2) is 10.8 Å². The fraction of sp³-hybridized carbons (Fsp3) is 0.500. The Bertz CT molecular complexity index is 1320. The number of carbonyl (C=O) groups excluding carboxylic acids is 3. The minimum atomic E-state index is -0.985. The van der Waals surface area contributed by atoms with Crippen LogP contribution in [0.3, 0.4) is 0 Å². The van der Waals surface area contributed by atoms with Crippen LogP contribution in [0.1, 0.15) is 40.5 Å². The number of likely N-dealkylation sites (tertiary alicyclic amines) is 1. The number of ether oxygens (including phenoxy) is 2. The van der Waals surface area contributed by atoms with Crippen molar-refractivity contribution in [1.29, 1.82) is 0 Å². The number of nitrogens with one attached hydrogen (secondary N) is 3. The third kappa shape index (κ3) is 7.47. The average Bonchev–Trinajstić information content (AvgIpc) is 3.66. The zero-order valence-electron chi connectivity index (χ0n) is 23.9. The minimum absolute atomic E-state index is 0.144. The number of thiazole rings is 1. The molecule has 1 fully saturated rings. The van der Waals surface area contributed by atoms with Gasteiger partial charge in [-0.2, -0.15) is 0 Å². The average molecular weight is 587 g/mol. The number of hydrogen-bond acceptors (Lipinski definition) is 9. The largest absolute Gasteiger partial charge is 0.453 e. The summed E-state index contributed by atoms with van der Waals surface area (Å²) >= 11 is 1.48. The van der Waals surface area contributed by atoms with Crippen LogP contribution in [0.2, 0.25) is 0 Å². The first-order chi connectivity index (χ1) is 19.5. The highest BCUT2D eigenvalue weighted by Crippen LogP contribution is 2.31. The molecule has 222 valence electrons. The number of amides is 3. The number of carbonyl (C=O) groups is 3. The van der Waals surface area contributed by atoms with Crippen LogP contribution in [0, 0.1) is 11.8 Å². The summed E-state index contributed by atoms with van der Waals surface area (Å²) in [7, 11) is 1.26. The summed E-state index contributed by atoms with van der Waals surface area (Å²) in [5.41, 5.74) is 1.68. The Kier molecular flexibility index (Phi) is 9.71. The van der Waals surface area contributed by atoms with Crippen molar-refractivity contribution in [3.8, 4) is 10.4 Å². The van der Waals surface area contributed by atoms with Gasteiger partial charge in [0.05, 0.1) is 30.8 Å². The van der Waals surface area contributed by atoms with Crippen molar-refractivity contribution in [2.75, 3.05) is 30.9 Å². The second-order valence-corrected chi connectivity index (χ2v) is 11.8. The minimum Gasteiger partial charge on any atom is -0.453 e. The first kappa shape index (κ1) is 30.1. The smallest absolute Gasteiger partial charge is 0.412 e. The summed E-state index contributed by atoms with van der Waals surface area (Å²) in [6.07, 6.45) is 2.89. The first-order valence-corrected chi connectivity index (χ1v) is 14.5. The van der Waals surface area contributed by atoms with Gasteiger partial charge in [0.25, 0.3) is 0 Å². The van der Waals surface area contributed by atoms with Crippen molar-refractivity contribution in [3.63, 3.8) is 0 Å². The molecule has 41 heavy (non-hydrogen) atoms. The van der Waals surface area contributed by atoms with E-state index in [2.05, 4.69) is 25.7 Å². The van der Waals surface area contributed by atoms with Gasteiger partial charge in [-0.05, 0) is 42.4 Å². The Morgan fingerprint density at radius 1 is 1.12 bits per heavy atom. The maximum Gasteiger partial charge on any atom is 0.412 e. The highest BCUT2D eigenvalue weighted by molar-refractivity contribution is 7.20. The van der Waals surface area contributed by atoms with Crippen molar-refractivity contribution in [3.05, 3.63) is 36.7 Å². The van der Waals surface area contributed by atoms with Crippen LogP contribution in [0.25, 0.3) is 15.4 Å². The van der Waals surface area contributed by atoms with Gasteiger partial charge >= 0.3 is 12.2 Å². The van der Waals surface area contributed by atoms with Crippen LogP contribution in [-0.4, -0.2) is 76.1 Å². The number of anilines is 2. The Morgan fingerprint density at radius 2 is 1.85 bits per heavy atom. The van der Waals surface area contributed by atoms with Crippen LogP contribution in [0.15, 0.2) is 36.7 Å². The van der Waals surface area contributed by atoms with Crippen LogP contribution in [0.5, 0.6) is 0 Å². The molecule has 13 heteroatoms. The summed E-state index contributed by atoms with van der Waals surface area (Å²) < 4.78 is 11.7. The lowest BCUT2D eigenvalue weighted by atomic mass is 10.0. The van der Waals surface area contributed by atoms with Crippen molar-refractivity contribution in [1.82, 2.24) is 19.6 Å². The van der Waals surface area contributed by atoms with E-state index < -0.39 is 30.5 Å². The van der Waals surface area contributed by atoms with E-state index in [-0.39, 0.29) is 17.7 Å². The number of nitrogens with zero attached hydrogens (tertiary/aromatic N) is 3. The SMILES string of the molecule is COC(=O)N[C@H](C(=O)N1CCC[C@H]1C(O)Nc1ccc(-c2cn3cc(NC(=O)OCC(C)C)nc3s2)cc1)C(C)C. The Labute approximate surface area is 243 Å². The molecule has 3 atom stereocenters. The van der Waals surface area contributed by atoms with E-state index in [9.17, 15) is 19.5 Å². The van der Waals surface area contributed by atoms with E-state index in [1.54, 1.807) is 11.1 Å². The number of aromatic nitrogens is 2. The van der Waals surface area contributed by atoms with Crippen molar-refractivity contribution >= 4 is 45.9 Å². The zero-order valence-corrected chi connectivity index (χ0v) is 24.7. The van der Waals surface area contributed by atoms with E-state index in [1.807, 2.05) is 62.6 Å². The van der Waals surface area contributed by atoms with Crippen LogP contribution >= 0.6 is 11.3 Å². The van der Waals surface area contributed by atoms with Crippen LogP contribution < -0.4 is 16.0 Å². The molecule has 0 bridgehead atoms. The maximum absolute atomic E-state index is 13.3. The lowest BCUT2D eigenvalue weighted by molar-refractivity contribution is -0.137. The molecular weight excluding hydrogens is 548 g/mol. The molecule has 1 unspecified atom stereocenters. The summed E-state index contributed by atoms with van der Waals surface area (Å²) in [6.45, 7) is 8.48. The standard InChI is InChI=1S/C28H38N6O6S/c1-16(2)15-40-28(38)31-22-14-33-13-21(41-26(33)30-22)18-8-10-19(11-9-18)29-24(35)20-7-6-12-34(20)25(36)23(17(3)4)32-27(37)39-5/h8-11,13-14,16-17,20,23-24,29,35H,6-7,12,15H2,1-5H3,(H,31,38)(H,32,37)/t20-,23-,24?/m0/s1. The lowest BCUT2D eigenvalue weighted by Gasteiger charge is -2.33. The van der Waals surface area contributed by atoms with E-state index in [4.69, 9.17) is 4.74 Å². The molecule has 12 nitrogen and oxygen atoms in total. The maximum atomic E-state index is 13.3. The zero-order chi connectivity index (χ0) is 29.7. The summed E-state index contributed by atoms with van der Waals surface area (Å²) in [5.74, 6) is 0.289. The van der Waals surface area contributed by atoms with Gasteiger partial charge in [0.2, 0.25) is 5.91 Å². The number of alkyl carbamates (subject to hydrolysis) is 1. The highest BCUT2D eigenvalue weighted by Gasteiger charge is 2.38. The number of imidazole rings is 1. The van der Waals surface area contributed by atoms with Gasteiger partial charge in [0.1, 0.15) is 12.3 Å². The normalized spacial score (nSPS) is 16.6. The number of benzene rings is 1. The molecule has 3 aromatic rings. The molecule has 0 spiro atoms. The third-order valence-corrected chi connectivity index (χ3v) is 7.80. The predicted octanol–water partition coefficient (Wildman–Crippen LogP) is 4.37. The molecule has 0 radical (unpaired) electrons. The van der Waals surface area contributed by atoms with Gasteiger partial charge in [-0.15, -0.1) is 0 Å². The molecule has 4 N–H and O–H groups in total. The van der Waals surface area contributed by atoms with Gasteiger partial charge < -0.3 is 30.1 Å². The second kappa shape index (κ2) is 13.2. The molecule has 1 saturated heterocycles. The number of methoxy groups -OCH3 is 1. The molecule has 1 aliphatic heterocycles. The number of fused-ring (bicyclic) bond motifs is 1. The van der Waals surface area contributed by atoms with E-state index in [0.29, 0.717) is 31.1 Å². The Hall–Kier alpha value is -3.84. The van der Waals surface area contributed by atoms with Crippen LogP contribution in [0.4, 0.5) is 21.1 Å². The Morgan fingerprint density at radius 3 is 2.49 bits per heavy atom. The van der Waals surface area contributed by atoms with Gasteiger partial charge in [-0.25, -0.2) is 14.6 Å². The third-order valence-electron chi connectivity index (χ3n) is 6.76. The van der Waals surface area contributed by atoms with Gasteiger partial charge in [-0.1, -0.05) is 51.2 Å². The fourth-order valence-corrected chi connectivity index (χ4v) is 5.61. The number of aliphatic hydroxyl groups excluding tert-OH is 1. The highest BCUT2D eigenvalue weighted by atomic mass is 32.1. The molecule has 0 aliphatic carbocycles. The topological polar surface area (TPSA) is 147 Å². The molecule has 1 aromatic carbocycles. The first-order valence-electron chi connectivity index (χ1n) is 13.7. The summed E-state index contributed by atoms with van der Waals surface area (Å²) in [4.78, 5) is 44.8. The summed E-state index contributed by atoms with van der Waals surface area (Å²) in [6, 6.07) is 6.45. The van der Waals surface area contributed by atoms with Crippen LogP contribution in [-0.2, 0) is 14.3 Å². The van der Waals surface area contributed by atoms with Crippen molar-refractivity contribution in [2.45, 2.75) is 58.8 Å². The molecule has 3 heterocycles. The second-order valence-electron chi connectivity index (χ2n) is 10.8. The van der Waals surface area contributed by atoms with Crippen molar-refractivity contribution in [2.24, 2.45) is 11.8 Å². The number of aliphatic hydroxyl groups is 1. The Balaban J connectivity index is 1.37. The van der Waals surface area contributed by atoms with E-state index in [0.717, 1.165) is 21.8 Å². The quantitative estimate of drug-likeness (QED) is 0.256. The molecule has 3 amide bonds. The van der Waals surface area contributed by atoms with Gasteiger partial charge in [0, 0.05) is 18.4 Å². The number of hydrogen-bond donors (Lipinski definition) is 4. The molecule has 2 aromatic heterocycles. The summed E-state index contributed by atoms with van der Waals surface area (Å²) in [5, 5.41) is 19.4.